The molecular formula is C16H20N2OS. The predicted octanol–water partition coefficient (Wildman–Crippen LogP) is 2.70. The monoisotopic (exact) mass is 288 g/mol. The summed E-state index contributed by atoms with van der Waals surface area (Å²) in [5.74, 6) is 0.157. The van der Waals surface area contributed by atoms with Crippen LogP contribution in [-0.2, 0) is 11.2 Å². The highest BCUT2D eigenvalue weighted by molar-refractivity contribution is 7.17. The predicted molar refractivity (Wildman–Crippen MR) is 84.2 cm³/mol. The van der Waals surface area contributed by atoms with Gasteiger partial charge in [-0.3, -0.25) is 4.79 Å². The van der Waals surface area contributed by atoms with Crippen molar-refractivity contribution in [2.24, 2.45) is 0 Å². The molecule has 1 aromatic heterocycles. The molecule has 1 amide bonds. The second-order valence-electron chi connectivity index (χ2n) is 5.30. The second kappa shape index (κ2) is 6.37. The van der Waals surface area contributed by atoms with Crippen LogP contribution in [-0.4, -0.2) is 25.0 Å². The van der Waals surface area contributed by atoms with Crippen LogP contribution in [0.5, 0.6) is 0 Å². The first-order valence-corrected chi connectivity index (χ1v) is 8.19. The van der Waals surface area contributed by atoms with Crippen molar-refractivity contribution in [3.05, 3.63) is 35.2 Å². The third kappa shape index (κ3) is 3.02. The fourth-order valence-electron chi connectivity index (χ4n) is 2.75. The maximum Gasteiger partial charge on any atom is 0.237 e. The topological polar surface area (TPSA) is 41.1 Å². The minimum Gasteiger partial charge on any atom is -0.354 e. The van der Waals surface area contributed by atoms with E-state index in [0.717, 1.165) is 32.4 Å². The van der Waals surface area contributed by atoms with Crippen LogP contribution >= 0.6 is 11.3 Å². The van der Waals surface area contributed by atoms with Gasteiger partial charge in [-0.1, -0.05) is 24.6 Å². The Labute approximate surface area is 123 Å². The molecule has 3 nitrogen and oxygen atoms in total. The Morgan fingerprint density at radius 2 is 2.25 bits per heavy atom. The molecule has 1 aliphatic heterocycles. The normalized spacial score (nSPS) is 19.1. The second-order valence-corrected chi connectivity index (χ2v) is 6.21. The molecule has 0 radical (unpaired) electrons. The lowest BCUT2D eigenvalue weighted by Gasteiger charge is -2.22. The maximum atomic E-state index is 12.0. The van der Waals surface area contributed by atoms with Crippen LogP contribution in [0, 0.1) is 0 Å². The molecule has 1 atom stereocenters. The number of thiophene rings is 1. The van der Waals surface area contributed by atoms with Crippen molar-refractivity contribution in [3.63, 3.8) is 0 Å². The van der Waals surface area contributed by atoms with Gasteiger partial charge < -0.3 is 10.6 Å². The van der Waals surface area contributed by atoms with Gasteiger partial charge in [0.25, 0.3) is 0 Å². The van der Waals surface area contributed by atoms with Crippen molar-refractivity contribution in [3.8, 4) is 0 Å². The van der Waals surface area contributed by atoms with Gasteiger partial charge in [0.1, 0.15) is 0 Å². The number of carbonyl (C=O) groups is 1. The molecule has 1 unspecified atom stereocenters. The summed E-state index contributed by atoms with van der Waals surface area (Å²) in [5, 5.41) is 9.87. The van der Waals surface area contributed by atoms with E-state index in [1.807, 2.05) is 0 Å². The van der Waals surface area contributed by atoms with Crippen LogP contribution in [0.2, 0.25) is 0 Å². The summed E-state index contributed by atoms with van der Waals surface area (Å²) in [4.78, 5) is 12.0. The molecule has 4 heteroatoms. The number of hydrogen-bond donors (Lipinski definition) is 2. The molecule has 0 aliphatic carbocycles. The van der Waals surface area contributed by atoms with E-state index in [0.29, 0.717) is 0 Å². The molecule has 106 valence electrons. The van der Waals surface area contributed by atoms with Crippen LogP contribution in [0.25, 0.3) is 10.1 Å². The summed E-state index contributed by atoms with van der Waals surface area (Å²) in [6.45, 7) is 1.69. The molecule has 0 saturated carbocycles. The van der Waals surface area contributed by atoms with Gasteiger partial charge >= 0.3 is 0 Å². The first-order valence-electron chi connectivity index (χ1n) is 7.31. The highest BCUT2D eigenvalue weighted by Gasteiger charge is 2.19. The Kier molecular flexibility index (Phi) is 4.33. The Morgan fingerprint density at radius 1 is 1.35 bits per heavy atom. The number of rotatable bonds is 4. The van der Waals surface area contributed by atoms with Gasteiger partial charge in [-0.15, -0.1) is 11.3 Å². The van der Waals surface area contributed by atoms with Crippen LogP contribution < -0.4 is 10.6 Å². The summed E-state index contributed by atoms with van der Waals surface area (Å²) in [6, 6.07) is 8.46. The van der Waals surface area contributed by atoms with Gasteiger partial charge in [-0.25, -0.2) is 0 Å². The van der Waals surface area contributed by atoms with Crippen LogP contribution in [0.3, 0.4) is 0 Å². The largest absolute Gasteiger partial charge is 0.354 e. The van der Waals surface area contributed by atoms with E-state index >= 15 is 0 Å². The van der Waals surface area contributed by atoms with Gasteiger partial charge in [0.2, 0.25) is 5.91 Å². The first kappa shape index (κ1) is 13.6. The van der Waals surface area contributed by atoms with Crippen molar-refractivity contribution >= 4 is 27.3 Å². The lowest BCUT2D eigenvalue weighted by Crippen LogP contribution is -2.47. The highest BCUT2D eigenvalue weighted by Crippen LogP contribution is 2.25. The number of piperidine rings is 1. The molecule has 20 heavy (non-hydrogen) atoms. The molecule has 0 spiro atoms. The average molecular weight is 288 g/mol. The van der Waals surface area contributed by atoms with E-state index in [2.05, 4.69) is 40.3 Å². The SMILES string of the molecule is O=C(NCCc1csc2ccccc12)C1CCCCN1. The summed E-state index contributed by atoms with van der Waals surface area (Å²) in [5.41, 5.74) is 1.34. The van der Waals surface area contributed by atoms with E-state index in [-0.39, 0.29) is 11.9 Å². The van der Waals surface area contributed by atoms with Gasteiger partial charge in [0.05, 0.1) is 6.04 Å². The van der Waals surface area contributed by atoms with E-state index in [1.165, 1.54) is 22.1 Å². The summed E-state index contributed by atoms with van der Waals surface area (Å²) in [6.07, 6.45) is 4.21. The number of hydrogen-bond acceptors (Lipinski definition) is 3. The summed E-state index contributed by atoms with van der Waals surface area (Å²) in [7, 11) is 0. The van der Waals surface area contributed by atoms with Gasteiger partial charge in [0, 0.05) is 11.2 Å². The zero-order chi connectivity index (χ0) is 13.8. The van der Waals surface area contributed by atoms with Crippen LogP contribution in [0.1, 0.15) is 24.8 Å². The fourth-order valence-corrected chi connectivity index (χ4v) is 3.74. The van der Waals surface area contributed by atoms with Crippen molar-refractivity contribution in [1.29, 1.82) is 0 Å². The zero-order valence-corrected chi connectivity index (χ0v) is 12.3. The number of amides is 1. The van der Waals surface area contributed by atoms with Gasteiger partial charge in [-0.05, 0) is 48.2 Å². The van der Waals surface area contributed by atoms with E-state index in [9.17, 15) is 4.79 Å². The Morgan fingerprint density at radius 3 is 3.10 bits per heavy atom. The average Bonchev–Trinajstić information content (AvgIpc) is 2.92. The van der Waals surface area contributed by atoms with Crippen LogP contribution in [0.15, 0.2) is 29.6 Å². The molecule has 1 saturated heterocycles. The number of benzene rings is 1. The van der Waals surface area contributed by atoms with Crippen molar-refractivity contribution in [2.75, 3.05) is 13.1 Å². The van der Waals surface area contributed by atoms with Gasteiger partial charge in [0.15, 0.2) is 0 Å². The Bertz CT molecular complexity index is 587. The Hall–Kier alpha value is -1.39. The number of nitrogens with one attached hydrogen (secondary N) is 2. The smallest absolute Gasteiger partial charge is 0.237 e. The van der Waals surface area contributed by atoms with Gasteiger partial charge in [-0.2, -0.15) is 0 Å². The van der Waals surface area contributed by atoms with Crippen LogP contribution in [0.4, 0.5) is 0 Å². The number of carbonyl (C=O) groups excluding carboxylic acids is 1. The fraction of sp³-hybridized carbons (Fsp3) is 0.438. The third-order valence-electron chi connectivity index (χ3n) is 3.88. The lowest BCUT2D eigenvalue weighted by atomic mass is 10.0. The summed E-state index contributed by atoms with van der Waals surface area (Å²) < 4.78 is 1.32. The number of fused-ring (bicyclic) bond motifs is 1. The molecule has 2 aromatic rings. The highest BCUT2D eigenvalue weighted by atomic mass is 32.1. The molecule has 0 bridgehead atoms. The molecule has 2 N–H and O–H groups in total. The first-order chi connectivity index (χ1) is 9.84. The molecular weight excluding hydrogens is 268 g/mol. The quantitative estimate of drug-likeness (QED) is 0.908. The molecule has 1 fully saturated rings. The van der Waals surface area contributed by atoms with Crippen molar-refractivity contribution in [1.82, 2.24) is 10.6 Å². The van der Waals surface area contributed by atoms with Crippen molar-refractivity contribution in [2.45, 2.75) is 31.7 Å². The zero-order valence-electron chi connectivity index (χ0n) is 11.5. The van der Waals surface area contributed by atoms with E-state index < -0.39 is 0 Å². The molecule has 1 aromatic carbocycles. The minimum atomic E-state index is 0.0166. The Balaban J connectivity index is 1.53. The third-order valence-corrected chi connectivity index (χ3v) is 4.89. The minimum absolute atomic E-state index is 0.0166. The molecule has 3 rings (SSSR count). The lowest BCUT2D eigenvalue weighted by molar-refractivity contribution is -0.123. The molecule has 1 aliphatic rings. The summed E-state index contributed by atoms with van der Waals surface area (Å²) >= 11 is 1.78. The van der Waals surface area contributed by atoms with E-state index in [1.54, 1.807) is 11.3 Å². The van der Waals surface area contributed by atoms with Crippen molar-refractivity contribution < 1.29 is 4.79 Å². The van der Waals surface area contributed by atoms with E-state index in [4.69, 9.17) is 0 Å². The molecule has 2 heterocycles. The maximum absolute atomic E-state index is 12.0. The standard InChI is InChI=1S/C16H20N2OS/c19-16(14-6-3-4-9-17-14)18-10-8-12-11-20-15-7-2-1-5-13(12)15/h1-2,5,7,11,14,17H,3-4,6,8-10H2,(H,18,19).